The van der Waals surface area contributed by atoms with Gasteiger partial charge in [-0.3, -0.25) is 9.69 Å². The topological polar surface area (TPSA) is 67.5 Å². The van der Waals surface area contributed by atoms with Crippen molar-refractivity contribution in [2.24, 2.45) is 0 Å². The van der Waals surface area contributed by atoms with Gasteiger partial charge >= 0.3 is 0 Å². The highest BCUT2D eigenvalue weighted by molar-refractivity contribution is 7.10. The molecule has 0 fully saturated rings. The Morgan fingerprint density at radius 1 is 1.19 bits per heavy atom. The van der Waals surface area contributed by atoms with Crippen LogP contribution in [0.5, 0.6) is 11.5 Å². The van der Waals surface area contributed by atoms with E-state index in [0.717, 1.165) is 13.1 Å². The van der Waals surface area contributed by atoms with Crippen LogP contribution in [-0.4, -0.2) is 35.6 Å². The molecule has 1 aromatic carbocycles. The first-order chi connectivity index (χ1) is 12.5. The molecule has 2 aromatic heterocycles. The van der Waals surface area contributed by atoms with Crippen molar-refractivity contribution in [1.82, 2.24) is 14.9 Å². The molecular weight excluding hydrogens is 350 g/mol. The number of nitrogens with zero attached hydrogens (tertiary/aromatic N) is 2. The smallest absolute Gasteiger partial charge is 0.258 e. The van der Waals surface area contributed by atoms with E-state index in [1.54, 1.807) is 37.7 Å². The summed E-state index contributed by atoms with van der Waals surface area (Å²) in [7, 11) is 3.12. The lowest BCUT2D eigenvalue weighted by Gasteiger charge is -2.20. The summed E-state index contributed by atoms with van der Waals surface area (Å²) in [5.74, 6) is 1.72. The highest BCUT2D eigenvalue weighted by Crippen LogP contribution is 2.30. The highest BCUT2D eigenvalue weighted by atomic mass is 32.1. The first-order valence-electron chi connectivity index (χ1n) is 8.46. The second-order valence-electron chi connectivity index (χ2n) is 6.04. The molecule has 3 aromatic rings. The summed E-state index contributed by atoms with van der Waals surface area (Å²) in [4.78, 5) is 23.6. The van der Waals surface area contributed by atoms with Crippen LogP contribution in [0.3, 0.4) is 0 Å². The SMILES string of the molecule is CCN(Cc1nc2cc(OC)c(OC)cc2c(=O)[nH]1)Cc1ccsc1C. The Bertz CT molecular complexity index is 964. The van der Waals surface area contributed by atoms with Crippen LogP contribution >= 0.6 is 11.3 Å². The number of methoxy groups -OCH3 is 2. The van der Waals surface area contributed by atoms with Gasteiger partial charge in [0.2, 0.25) is 0 Å². The van der Waals surface area contributed by atoms with Crippen LogP contribution in [0.4, 0.5) is 0 Å². The summed E-state index contributed by atoms with van der Waals surface area (Å²) in [6.45, 7) is 6.51. The molecule has 0 saturated heterocycles. The molecule has 2 heterocycles. The zero-order valence-electron chi connectivity index (χ0n) is 15.5. The standard InChI is InChI=1S/C19H23N3O3S/c1-5-22(10-13-6-7-26-12(13)2)11-18-20-15-9-17(25-4)16(24-3)8-14(15)19(23)21-18/h6-9H,5,10-11H2,1-4H3,(H,20,21,23). The average Bonchev–Trinajstić information content (AvgIpc) is 3.04. The fraction of sp³-hybridized carbons (Fsp3) is 0.368. The molecule has 7 heteroatoms. The van der Waals surface area contributed by atoms with Gasteiger partial charge in [-0.2, -0.15) is 0 Å². The normalized spacial score (nSPS) is 11.3. The van der Waals surface area contributed by atoms with Gasteiger partial charge in [-0.1, -0.05) is 6.92 Å². The summed E-state index contributed by atoms with van der Waals surface area (Å²) in [5, 5.41) is 2.59. The number of nitrogens with one attached hydrogen (secondary N) is 1. The first-order valence-corrected chi connectivity index (χ1v) is 9.34. The number of ether oxygens (including phenoxy) is 2. The molecule has 0 spiro atoms. The number of hydrogen-bond donors (Lipinski definition) is 1. The van der Waals surface area contributed by atoms with E-state index in [1.165, 1.54) is 10.4 Å². The van der Waals surface area contributed by atoms with Crippen LogP contribution in [-0.2, 0) is 13.1 Å². The number of benzene rings is 1. The molecule has 0 saturated carbocycles. The summed E-state index contributed by atoms with van der Waals surface area (Å²) >= 11 is 1.75. The third-order valence-corrected chi connectivity index (χ3v) is 5.33. The lowest BCUT2D eigenvalue weighted by atomic mass is 10.2. The number of aromatic amines is 1. The molecule has 26 heavy (non-hydrogen) atoms. The maximum atomic E-state index is 12.5. The van der Waals surface area contributed by atoms with Crippen LogP contribution < -0.4 is 15.0 Å². The number of thiophene rings is 1. The van der Waals surface area contributed by atoms with E-state index in [4.69, 9.17) is 9.47 Å². The fourth-order valence-electron chi connectivity index (χ4n) is 2.90. The quantitative estimate of drug-likeness (QED) is 0.688. The van der Waals surface area contributed by atoms with E-state index >= 15 is 0 Å². The molecule has 0 aliphatic carbocycles. The van der Waals surface area contributed by atoms with Crippen LogP contribution in [0.25, 0.3) is 10.9 Å². The Hall–Kier alpha value is -2.38. The van der Waals surface area contributed by atoms with Gasteiger partial charge in [-0.05, 0) is 36.5 Å². The van der Waals surface area contributed by atoms with E-state index < -0.39 is 0 Å². The predicted octanol–water partition coefficient (Wildman–Crippen LogP) is 3.33. The predicted molar refractivity (Wildman–Crippen MR) is 104 cm³/mol. The third-order valence-electron chi connectivity index (χ3n) is 4.44. The minimum atomic E-state index is -0.172. The molecule has 0 aliphatic rings. The number of rotatable bonds is 7. The Morgan fingerprint density at radius 2 is 1.92 bits per heavy atom. The number of H-pyrrole nitrogens is 1. The molecule has 0 atom stereocenters. The van der Waals surface area contributed by atoms with E-state index in [0.29, 0.717) is 34.8 Å². The van der Waals surface area contributed by atoms with Crippen molar-refractivity contribution in [3.8, 4) is 11.5 Å². The van der Waals surface area contributed by atoms with Crippen molar-refractivity contribution in [3.05, 3.63) is 50.2 Å². The Morgan fingerprint density at radius 3 is 2.54 bits per heavy atom. The summed E-state index contributed by atoms with van der Waals surface area (Å²) in [6, 6.07) is 5.55. The second kappa shape index (κ2) is 7.88. The number of aromatic nitrogens is 2. The molecule has 6 nitrogen and oxygen atoms in total. The van der Waals surface area contributed by atoms with Crippen LogP contribution in [0.15, 0.2) is 28.4 Å². The maximum Gasteiger partial charge on any atom is 0.258 e. The molecule has 1 N–H and O–H groups in total. The van der Waals surface area contributed by atoms with E-state index in [1.807, 2.05) is 0 Å². The molecule has 3 rings (SSSR count). The number of hydrogen-bond acceptors (Lipinski definition) is 6. The van der Waals surface area contributed by atoms with Crippen LogP contribution in [0.2, 0.25) is 0 Å². The first kappa shape index (κ1) is 18.4. The van der Waals surface area contributed by atoms with Gasteiger partial charge in [0.25, 0.3) is 5.56 Å². The summed E-state index contributed by atoms with van der Waals surface area (Å²) in [5.41, 5.74) is 1.74. The summed E-state index contributed by atoms with van der Waals surface area (Å²) in [6.07, 6.45) is 0. The Balaban J connectivity index is 1.92. The molecule has 138 valence electrons. The van der Waals surface area contributed by atoms with Gasteiger partial charge in [0.1, 0.15) is 5.82 Å². The van der Waals surface area contributed by atoms with Crippen molar-refractivity contribution in [3.63, 3.8) is 0 Å². The molecule has 0 aliphatic heterocycles. The molecule has 0 bridgehead atoms. The molecule has 0 unspecified atom stereocenters. The van der Waals surface area contributed by atoms with Gasteiger partial charge in [-0.25, -0.2) is 4.98 Å². The van der Waals surface area contributed by atoms with Crippen molar-refractivity contribution < 1.29 is 9.47 Å². The fourth-order valence-corrected chi connectivity index (χ4v) is 3.62. The number of fused-ring (bicyclic) bond motifs is 1. The van der Waals surface area contributed by atoms with E-state index in [2.05, 4.69) is 40.2 Å². The maximum absolute atomic E-state index is 12.5. The highest BCUT2D eigenvalue weighted by Gasteiger charge is 2.13. The van der Waals surface area contributed by atoms with Gasteiger partial charge < -0.3 is 14.5 Å². The lowest BCUT2D eigenvalue weighted by Crippen LogP contribution is -2.25. The van der Waals surface area contributed by atoms with Crippen molar-refractivity contribution >= 4 is 22.2 Å². The average molecular weight is 373 g/mol. The minimum absolute atomic E-state index is 0.172. The minimum Gasteiger partial charge on any atom is -0.493 e. The van der Waals surface area contributed by atoms with Gasteiger partial charge in [0, 0.05) is 17.5 Å². The zero-order valence-corrected chi connectivity index (χ0v) is 16.3. The summed E-state index contributed by atoms with van der Waals surface area (Å²) < 4.78 is 10.6. The van der Waals surface area contributed by atoms with Gasteiger partial charge in [-0.15, -0.1) is 11.3 Å². The zero-order chi connectivity index (χ0) is 18.7. The van der Waals surface area contributed by atoms with Gasteiger partial charge in [0.15, 0.2) is 11.5 Å². The van der Waals surface area contributed by atoms with E-state index in [9.17, 15) is 4.79 Å². The third kappa shape index (κ3) is 3.73. The van der Waals surface area contributed by atoms with Gasteiger partial charge in [0.05, 0.1) is 31.7 Å². The Labute approximate surface area is 156 Å². The van der Waals surface area contributed by atoms with Crippen molar-refractivity contribution in [2.45, 2.75) is 26.9 Å². The van der Waals surface area contributed by atoms with Crippen LogP contribution in [0.1, 0.15) is 23.2 Å². The molecule has 0 radical (unpaired) electrons. The monoisotopic (exact) mass is 373 g/mol. The largest absolute Gasteiger partial charge is 0.493 e. The Kier molecular flexibility index (Phi) is 5.58. The molecular formula is C19H23N3O3S. The van der Waals surface area contributed by atoms with Crippen LogP contribution in [0, 0.1) is 6.92 Å². The second-order valence-corrected chi connectivity index (χ2v) is 7.16. The van der Waals surface area contributed by atoms with Crippen molar-refractivity contribution in [2.75, 3.05) is 20.8 Å². The van der Waals surface area contributed by atoms with E-state index in [-0.39, 0.29) is 5.56 Å². The number of aryl methyl sites for hydroxylation is 1. The van der Waals surface area contributed by atoms with Crippen molar-refractivity contribution in [1.29, 1.82) is 0 Å². The lowest BCUT2D eigenvalue weighted by molar-refractivity contribution is 0.264. The molecule has 0 amide bonds.